The van der Waals surface area contributed by atoms with E-state index < -0.39 is 23.9 Å². The smallest absolute Gasteiger partial charge is 0.267 e. The Kier molecular flexibility index (Phi) is 3.22. The Bertz CT molecular complexity index is 486. The van der Waals surface area contributed by atoms with Gasteiger partial charge in [0.25, 0.3) is 5.92 Å². The van der Waals surface area contributed by atoms with Crippen molar-refractivity contribution < 1.29 is 18.7 Å². The van der Waals surface area contributed by atoms with E-state index in [9.17, 15) is 18.7 Å². The first-order valence-corrected chi connectivity index (χ1v) is 5.98. The topological polar surface area (TPSA) is 66.6 Å². The Balaban J connectivity index is 2.20. The van der Waals surface area contributed by atoms with Crippen molar-refractivity contribution in [2.45, 2.75) is 24.8 Å². The summed E-state index contributed by atoms with van der Waals surface area (Å²) in [5.41, 5.74) is 5.08. The monoisotopic (exact) mass is 270 g/mol. The second-order valence-electron chi connectivity index (χ2n) is 5.08. The summed E-state index contributed by atoms with van der Waals surface area (Å²) in [6.07, 6.45) is -0.329. The van der Waals surface area contributed by atoms with Gasteiger partial charge in [-0.05, 0) is 24.6 Å². The third-order valence-corrected chi connectivity index (χ3v) is 3.37. The van der Waals surface area contributed by atoms with Crippen LogP contribution in [-0.2, 0) is 10.3 Å². The van der Waals surface area contributed by atoms with Crippen LogP contribution in [-0.4, -0.2) is 34.9 Å². The minimum atomic E-state index is -2.83. The number of phenols is 1. The fourth-order valence-electron chi connectivity index (χ4n) is 2.17. The van der Waals surface area contributed by atoms with E-state index in [0.29, 0.717) is 5.56 Å². The van der Waals surface area contributed by atoms with Gasteiger partial charge in [0.15, 0.2) is 0 Å². The highest BCUT2D eigenvalue weighted by molar-refractivity contribution is 5.87. The van der Waals surface area contributed by atoms with Crippen molar-refractivity contribution in [3.8, 4) is 5.75 Å². The zero-order valence-corrected chi connectivity index (χ0v) is 10.6. The maximum atomic E-state index is 13.1. The largest absolute Gasteiger partial charge is 0.508 e. The fourth-order valence-corrected chi connectivity index (χ4v) is 2.17. The predicted octanol–water partition coefficient (Wildman–Crippen LogP) is 1.43. The van der Waals surface area contributed by atoms with Gasteiger partial charge in [-0.25, -0.2) is 8.78 Å². The summed E-state index contributed by atoms with van der Waals surface area (Å²) in [6, 6.07) is 5.85. The number of halogens is 2. The number of carbonyl (C=O) groups is 1. The molecule has 4 nitrogen and oxygen atoms in total. The molecule has 1 aliphatic heterocycles. The molecule has 0 bridgehead atoms. The summed E-state index contributed by atoms with van der Waals surface area (Å²) in [5.74, 6) is -3.31. The number of amides is 1. The van der Waals surface area contributed by atoms with E-state index in [2.05, 4.69) is 0 Å². The first-order chi connectivity index (χ1) is 8.72. The van der Waals surface area contributed by atoms with Gasteiger partial charge in [-0.2, -0.15) is 0 Å². The van der Waals surface area contributed by atoms with Crippen LogP contribution in [0.4, 0.5) is 8.78 Å². The van der Waals surface area contributed by atoms with Gasteiger partial charge in [0.1, 0.15) is 11.3 Å². The summed E-state index contributed by atoms with van der Waals surface area (Å²) in [7, 11) is 0. The van der Waals surface area contributed by atoms with E-state index in [4.69, 9.17) is 5.73 Å². The molecule has 1 atom stereocenters. The van der Waals surface area contributed by atoms with Crippen molar-refractivity contribution in [3.05, 3.63) is 29.8 Å². The third kappa shape index (κ3) is 2.68. The van der Waals surface area contributed by atoms with Crippen LogP contribution in [0, 0.1) is 0 Å². The second-order valence-corrected chi connectivity index (χ2v) is 5.08. The number of rotatable bonds is 2. The number of aromatic hydroxyl groups is 1. The lowest BCUT2D eigenvalue weighted by Gasteiger charge is -2.29. The van der Waals surface area contributed by atoms with Gasteiger partial charge in [0, 0.05) is 13.0 Å². The van der Waals surface area contributed by atoms with E-state index in [1.54, 1.807) is 0 Å². The number of likely N-dealkylation sites (tertiary alicyclic amines) is 1. The molecule has 1 amide bonds. The van der Waals surface area contributed by atoms with Crippen LogP contribution in [0.3, 0.4) is 0 Å². The molecule has 1 fully saturated rings. The van der Waals surface area contributed by atoms with Crippen molar-refractivity contribution in [1.82, 2.24) is 4.90 Å². The fraction of sp³-hybridized carbons (Fsp3) is 0.462. The lowest BCUT2D eigenvalue weighted by atomic mass is 9.91. The second kappa shape index (κ2) is 4.45. The summed E-state index contributed by atoms with van der Waals surface area (Å²) in [4.78, 5) is 13.3. The van der Waals surface area contributed by atoms with Crippen molar-refractivity contribution in [3.63, 3.8) is 0 Å². The quantitative estimate of drug-likeness (QED) is 0.854. The molecule has 1 heterocycles. The summed E-state index contributed by atoms with van der Waals surface area (Å²) in [6.45, 7) is 0.908. The van der Waals surface area contributed by atoms with Gasteiger partial charge in [-0.1, -0.05) is 12.1 Å². The Morgan fingerprint density at radius 3 is 2.47 bits per heavy atom. The van der Waals surface area contributed by atoms with E-state index in [1.165, 1.54) is 31.2 Å². The van der Waals surface area contributed by atoms with E-state index in [0.717, 1.165) is 4.90 Å². The first kappa shape index (κ1) is 13.7. The Morgan fingerprint density at radius 2 is 2.00 bits per heavy atom. The molecule has 1 aromatic carbocycles. The van der Waals surface area contributed by atoms with Crippen LogP contribution in [0.1, 0.15) is 18.9 Å². The number of hydrogen-bond acceptors (Lipinski definition) is 3. The van der Waals surface area contributed by atoms with Crippen LogP contribution in [0.15, 0.2) is 24.3 Å². The number of carbonyl (C=O) groups excluding carboxylic acids is 1. The molecular formula is C13H16F2N2O2. The number of alkyl halides is 2. The number of nitrogens with two attached hydrogens (primary N) is 1. The van der Waals surface area contributed by atoms with Crippen LogP contribution in [0.25, 0.3) is 0 Å². The lowest BCUT2D eigenvalue weighted by molar-refractivity contribution is -0.137. The molecule has 0 aliphatic carbocycles. The third-order valence-electron chi connectivity index (χ3n) is 3.37. The molecule has 1 saturated heterocycles. The molecule has 0 aromatic heterocycles. The van der Waals surface area contributed by atoms with Crippen LogP contribution < -0.4 is 5.73 Å². The summed E-state index contributed by atoms with van der Waals surface area (Å²) >= 11 is 0. The first-order valence-electron chi connectivity index (χ1n) is 5.98. The van der Waals surface area contributed by atoms with Gasteiger partial charge in [-0.15, -0.1) is 0 Å². The average molecular weight is 270 g/mol. The Morgan fingerprint density at radius 1 is 1.42 bits per heavy atom. The molecule has 2 rings (SSSR count). The Hall–Kier alpha value is -1.69. The molecule has 6 heteroatoms. The number of hydrogen-bond donors (Lipinski definition) is 2. The highest BCUT2D eigenvalue weighted by atomic mass is 19.3. The molecule has 0 unspecified atom stereocenters. The van der Waals surface area contributed by atoms with Gasteiger partial charge >= 0.3 is 0 Å². The molecular weight excluding hydrogens is 254 g/mol. The Labute approximate surface area is 109 Å². The van der Waals surface area contributed by atoms with Gasteiger partial charge < -0.3 is 15.7 Å². The van der Waals surface area contributed by atoms with Crippen LogP contribution in [0.2, 0.25) is 0 Å². The number of benzene rings is 1. The molecule has 0 spiro atoms. The highest BCUT2D eigenvalue weighted by Crippen LogP contribution is 2.30. The van der Waals surface area contributed by atoms with E-state index >= 15 is 0 Å². The van der Waals surface area contributed by atoms with Crippen molar-refractivity contribution in [2.24, 2.45) is 5.73 Å². The lowest BCUT2D eigenvalue weighted by Crippen LogP contribution is -2.50. The SMILES string of the molecule is C[C@@](N)(C(=O)N1CCC(F)(F)C1)c1ccc(O)cc1. The van der Waals surface area contributed by atoms with Crippen LogP contribution in [0.5, 0.6) is 5.75 Å². The maximum Gasteiger partial charge on any atom is 0.267 e. The number of nitrogens with zero attached hydrogens (tertiary/aromatic N) is 1. The highest BCUT2D eigenvalue weighted by Gasteiger charge is 2.44. The molecule has 104 valence electrons. The van der Waals surface area contributed by atoms with Crippen molar-refractivity contribution >= 4 is 5.91 Å². The zero-order valence-electron chi connectivity index (χ0n) is 10.6. The minimum absolute atomic E-state index is 0.0106. The predicted molar refractivity (Wildman–Crippen MR) is 65.8 cm³/mol. The van der Waals surface area contributed by atoms with Gasteiger partial charge in [0.2, 0.25) is 5.91 Å². The summed E-state index contributed by atoms with van der Waals surface area (Å²) in [5, 5.41) is 9.21. The average Bonchev–Trinajstić information content (AvgIpc) is 2.69. The molecule has 0 saturated carbocycles. The van der Waals surface area contributed by atoms with E-state index in [1.807, 2.05) is 0 Å². The summed E-state index contributed by atoms with van der Waals surface area (Å²) < 4.78 is 26.3. The molecule has 19 heavy (non-hydrogen) atoms. The van der Waals surface area contributed by atoms with Gasteiger partial charge in [0.05, 0.1) is 6.54 Å². The number of phenolic OH excluding ortho intramolecular Hbond substituents is 1. The molecule has 3 N–H and O–H groups in total. The standard InChI is InChI=1S/C13H16F2N2O2/c1-12(16,9-2-4-10(18)5-3-9)11(19)17-7-6-13(14,15)8-17/h2-5,18H,6-8,16H2,1H3/t12-/m0/s1. The maximum absolute atomic E-state index is 13.1. The van der Waals surface area contributed by atoms with Crippen molar-refractivity contribution in [1.29, 1.82) is 0 Å². The van der Waals surface area contributed by atoms with Crippen LogP contribution >= 0.6 is 0 Å². The van der Waals surface area contributed by atoms with Gasteiger partial charge in [-0.3, -0.25) is 4.79 Å². The molecule has 0 radical (unpaired) electrons. The normalized spacial score (nSPS) is 21.2. The van der Waals surface area contributed by atoms with E-state index in [-0.39, 0.29) is 18.7 Å². The molecule has 1 aromatic rings. The zero-order chi connectivity index (χ0) is 14.3. The van der Waals surface area contributed by atoms with Crippen molar-refractivity contribution in [2.75, 3.05) is 13.1 Å². The minimum Gasteiger partial charge on any atom is -0.508 e. The molecule has 1 aliphatic rings.